The Hall–Kier alpha value is -3.14. The summed E-state index contributed by atoms with van der Waals surface area (Å²) in [6.45, 7) is 6.64. The molecule has 0 unspecified atom stereocenters. The lowest BCUT2D eigenvalue weighted by Gasteiger charge is -2.23. The first-order valence-electron chi connectivity index (χ1n) is 10.9. The lowest BCUT2D eigenvalue weighted by molar-refractivity contribution is 0.0931. The molecule has 4 heteroatoms. The molecule has 1 fully saturated rings. The minimum atomic E-state index is 0.0198. The first-order valence-corrected chi connectivity index (χ1v) is 10.9. The molecule has 1 saturated carbocycles. The minimum Gasteiger partial charge on any atom is -0.349 e. The van der Waals surface area contributed by atoms with Crippen LogP contribution in [0.15, 0.2) is 55.1 Å². The van der Waals surface area contributed by atoms with Crippen LogP contribution in [0.3, 0.4) is 0 Å². The van der Waals surface area contributed by atoms with Gasteiger partial charge in [-0.05, 0) is 38.0 Å². The number of aryl methyl sites for hydroxylation is 1. The molecule has 0 aliphatic heterocycles. The third-order valence-corrected chi connectivity index (χ3v) is 6.32. The number of carbonyl (C=O) groups excluding carboxylic acids is 1. The van der Waals surface area contributed by atoms with E-state index in [-0.39, 0.29) is 11.9 Å². The summed E-state index contributed by atoms with van der Waals surface area (Å²) in [5, 5.41) is 6.29. The highest BCUT2D eigenvalue weighted by molar-refractivity contribution is 6.23. The number of rotatable bonds is 4. The Labute approximate surface area is 176 Å². The highest BCUT2D eigenvalue weighted by Crippen LogP contribution is 2.35. The first-order chi connectivity index (χ1) is 14.7. The van der Waals surface area contributed by atoms with Crippen molar-refractivity contribution in [2.24, 2.45) is 0 Å². The van der Waals surface area contributed by atoms with Gasteiger partial charge < -0.3 is 9.88 Å². The second-order valence-corrected chi connectivity index (χ2v) is 8.43. The zero-order valence-corrected chi connectivity index (χ0v) is 17.4. The molecule has 4 aromatic rings. The summed E-state index contributed by atoms with van der Waals surface area (Å²) in [5.41, 5.74) is 4.67. The Morgan fingerprint density at radius 1 is 1.17 bits per heavy atom. The number of hydrogen-bond acceptors (Lipinski definition) is 2. The Bertz CT molecular complexity index is 1280. The number of amides is 1. The highest BCUT2D eigenvalue weighted by atomic mass is 16.1. The number of aromatic nitrogens is 2. The Kier molecular flexibility index (Phi) is 4.78. The molecule has 0 radical (unpaired) electrons. The van der Waals surface area contributed by atoms with Gasteiger partial charge in [0.05, 0.1) is 16.6 Å². The van der Waals surface area contributed by atoms with Crippen LogP contribution < -0.4 is 5.32 Å². The molecule has 2 aromatic carbocycles. The third-order valence-electron chi connectivity index (χ3n) is 6.32. The van der Waals surface area contributed by atoms with Crippen LogP contribution in [-0.2, 0) is 6.54 Å². The van der Waals surface area contributed by atoms with Crippen LogP contribution in [0.4, 0.5) is 0 Å². The van der Waals surface area contributed by atoms with Gasteiger partial charge in [0, 0.05) is 28.7 Å². The summed E-state index contributed by atoms with van der Waals surface area (Å²) in [6.07, 6.45) is 7.66. The van der Waals surface area contributed by atoms with E-state index >= 15 is 0 Å². The molecule has 1 amide bonds. The number of para-hydroxylation sites is 1. The second-order valence-electron chi connectivity index (χ2n) is 8.43. The van der Waals surface area contributed by atoms with Crippen LogP contribution in [0, 0.1) is 6.92 Å². The number of allylic oxidation sites excluding steroid dienone is 1. The van der Waals surface area contributed by atoms with Gasteiger partial charge in [-0.25, -0.2) is 4.98 Å². The van der Waals surface area contributed by atoms with Gasteiger partial charge in [-0.1, -0.05) is 55.2 Å². The Morgan fingerprint density at radius 2 is 1.97 bits per heavy atom. The SMILES string of the molecule is C=CCn1c2ccccc2c2c(C(=O)NC3CCCCC3)c3cc(C)ccc3nc21. The van der Waals surface area contributed by atoms with Crippen molar-refractivity contribution in [1.29, 1.82) is 0 Å². The normalized spacial score (nSPS) is 15.1. The maximum Gasteiger partial charge on any atom is 0.252 e. The molecule has 1 N–H and O–H groups in total. The number of nitrogens with zero attached hydrogens (tertiary/aromatic N) is 2. The van der Waals surface area contributed by atoms with E-state index in [9.17, 15) is 4.79 Å². The van der Waals surface area contributed by atoms with E-state index in [2.05, 4.69) is 47.7 Å². The van der Waals surface area contributed by atoms with Gasteiger partial charge >= 0.3 is 0 Å². The van der Waals surface area contributed by atoms with Crippen LogP contribution in [0.25, 0.3) is 32.8 Å². The monoisotopic (exact) mass is 397 g/mol. The van der Waals surface area contributed by atoms with Gasteiger partial charge in [0.15, 0.2) is 0 Å². The van der Waals surface area contributed by atoms with Crippen molar-refractivity contribution in [2.75, 3.05) is 0 Å². The zero-order chi connectivity index (χ0) is 20.7. The van der Waals surface area contributed by atoms with Gasteiger partial charge in [-0.3, -0.25) is 4.79 Å². The minimum absolute atomic E-state index is 0.0198. The predicted octanol–water partition coefficient (Wildman–Crippen LogP) is 5.90. The number of carbonyl (C=O) groups is 1. The van der Waals surface area contributed by atoms with Gasteiger partial charge in [-0.15, -0.1) is 6.58 Å². The quantitative estimate of drug-likeness (QED) is 0.436. The second kappa shape index (κ2) is 7.60. The van der Waals surface area contributed by atoms with E-state index in [1.54, 1.807) is 0 Å². The predicted molar refractivity (Wildman–Crippen MR) is 124 cm³/mol. The molecule has 0 atom stereocenters. The molecule has 5 rings (SSSR count). The maximum atomic E-state index is 13.7. The first kappa shape index (κ1) is 18.9. The van der Waals surface area contributed by atoms with Gasteiger partial charge in [0.2, 0.25) is 0 Å². The zero-order valence-electron chi connectivity index (χ0n) is 17.4. The lowest BCUT2D eigenvalue weighted by atomic mass is 9.94. The molecule has 30 heavy (non-hydrogen) atoms. The molecule has 1 aliphatic carbocycles. The van der Waals surface area contributed by atoms with Crippen molar-refractivity contribution in [1.82, 2.24) is 14.9 Å². The smallest absolute Gasteiger partial charge is 0.252 e. The van der Waals surface area contributed by atoms with Crippen molar-refractivity contribution >= 4 is 38.7 Å². The Morgan fingerprint density at radius 3 is 2.77 bits per heavy atom. The van der Waals surface area contributed by atoms with E-state index < -0.39 is 0 Å². The van der Waals surface area contributed by atoms with Crippen molar-refractivity contribution in [2.45, 2.75) is 51.6 Å². The molecule has 0 spiro atoms. The summed E-state index contributed by atoms with van der Waals surface area (Å²) in [5.74, 6) is 0.0198. The van der Waals surface area contributed by atoms with Gasteiger partial charge in [0.25, 0.3) is 5.91 Å². The van der Waals surface area contributed by atoms with Crippen molar-refractivity contribution in [3.8, 4) is 0 Å². The average Bonchev–Trinajstić information content (AvgIpc) is 3.06. The van der Waals surface area contributed by atoms with Crippen molar-refractivity contribution < 1.29 is 4.79 Å². The molecule has 1 aliphatic rings. The molecule has 152 valence electrons. The number of fused-ring (bicyclic) bond motifs is 4. The largest absolute Gasteiger partial charge is 0.349 e. The van der Waals surface area contributed by atoms with E-state index in [0.29, 0.717) is 6.54 Å². The number of hydrogen-bond donors (Lipinski definition) is 1. The number of nitrogens with one attached hydrogen (secondary N) is 1. The molecule has 4 nitrogen and oxygen atoms in total. The summed E-state index contributed by atoms with van der Waals surface area (Å²) in [6, 6.07) is 14.7. The fourth-order valence-electron chi connectivity index (χ4n) is 4.90. The molecular weight excluding hydrogens is 370 g/mol. The fraction of sp³-hybridized carbons (Fsp3) is 0.308. The van der Waals surface area contributed by atoms with Crippen molar-refractivity contribution in [3.05, 3.63) is 66.2 Å². The van der Waals surface area contributed by atoms with E-state index in [0.717, 1.165) is 56.8 Å². The topological polar surface area (TPSA) is 46.9 Å². The summed E-state index contributed by atoms with van der Waals surface area (Å²) >= 11 is 0. The molecule has 2 aromatic heterocycles. The summed E-state index contributed by atoms with van der Waals surface area (Å²) in [4.78, 5) is 18.7. The van der Waals surface area contributed by atoms with Crippen LogP contribution in [0.2, 0.25) is 0 Å². The van der Waals surface area contributed by atoms with Gasteiger partial charge in [0.1, 0.15) is 5.65 Å². The average molecular weight is 398 g/mol. The van der Waals surface area contributed by atoms with E-state index in [4.69, 9.17) is 4.98 Å². The van der Waals surface area contributed by atoms with Crippen LogP contribution in [-0.4, -0.2) is 21.5 Å². The lowest BCUT2D eigenvalue weighted by Crippen LogP contribution is -2.36. The molecule has 0 bridgehead atoms. The third kappa shape index (κ3) is 3.07. The van der Waals surface area contributed by atoms with Crippen molar-refractivity contribution in [3.63, 3.8) is 0 Å². The van der Waals surface area contributed by atoms with E-state index in [1.165, 1.54) is 19.3 Å². The van der Waals surface area contributed by atoms with Gasteiger partial charge in [-0.2, -0.15) is 0 Å². The summed E-state index contributed by atoms with van der Waals surface area (Å²) in [7, 11) is 0. The Balaban J connectivity index is 1.82. The van der Waals surface area contributed by atoms with Crippen LogP contribution in [0.5, 0.6) is 0 Å². The van der Waals surface area contributed by atoms with E-state index in [1.807, 2.05) is 24.3 Å². The summed E-state index contributed by atoms with van der Waals surface area (Å²) < 4.78 is 2.16. The fourth-order valence-corrected chi connectivity index (χ4v) is 4.90. The highest BCUT2D eigenvalue weighted by Gasteiger charge is 2.24. The molecule has 0 saturated heterocycles. The molecule has 2 heterocycles. The standard InChI is InChI=1S/C26H27N3O/c1-3-15-29-22-12-8-7-11-19(22)23-24(26(30)27-18-9-5-4-6-10-18)20-16-17(2)13-14-21(20)28-25(23)29/h3,7-8,11-14,16,18H,1,4-6,9-10,15H2,2H3,(H,27,30). The maximum absolute atomic E-state index is 13.7. The number of pyridine rings is 1. The van der Waals surface area contributed by atoms with Crippen LogP contribution >= 0.6 is 0 Å². The molecular formula is C26H27N3O. The number of benzene rings is 2. The van der Waals surface area contributed by atoms with Crippen LogP contribution in [0.1, 0.15) is 48.0 Å².